The molecule has 1 saturated carbocycles. The number of fused-ring (bicyclic) bond motifs is 1. The van der Waals surface area contributed by atoms with Crippen LogP contribution in [0.1, 0.15) is 33.1 Å². The van der Waals surface area contributed by atoms with Crippen molar-refractivity contribution in [3.63, 3.8) is 0 Å². The van der Waals surface area contributed by atoms with Gasteiger partial charge in [0.1, 0.15) is 0 Å². The summed E-state index contributed by atoms with van der Waals surface area (Å²) in [6.07, 6.45) is 5.32. The Morgan fingerprint density at radius 3 is 2.83 bits per heavy atom. The SMILES string of the molecule is CC.O=C(O)CC1(n2cc(-c3nc(Cl)nc4ccsc34)cn2)CC1. The summed E-state index contributed by atoms with van der Waals surface area (Å²) >= 11 is 7.53. The number of carbonyl (C=O) groups is 1. The van der Waals surface area contributed by atoms with Crippen molar-refractivity contribution in [2.24, 2.45) is 0 Å². The van der Waals surface area contributed by atoms with E-state index in [1.165, 1.54) is 0 Å². The Kier molecular flexibility index (Phi) is 4.56. The summed E-state index contributed by atoms with van der Waals surface area (Å²) in [5, 5.41) is 15.5. The molecule has 3 aromatic rings. The molecule has 3 heterocycles. The molecule has 24 heavy (non-hydrogen) atoms. The largest absolute Gasteiger partial charge is 0.481 e. The molecule has 1 N–H and O–H groups in total. The fourth-order valence-corrected chi connectivity index (χ4v) is 3.67. The quantitative estimate of drug-likeness (QED) is 0.702. The number of thiophene rings is 1. The van der Waals surface area contributed by atoms with Crippen LogP contribution in [0.3, 0.4) is 0 Å². The number of nitrogens with zero attached hydrogens (tertiary/aromatic N) is 4. The predicted octanol–water partition coefficient (Wildman–Crippen LogP) is 4.20. The number of halogens is 1. The van der Waals surface area contributed by atoms with Crippen LogP contribution in [0.2, 0.25) is 5.28 Å². The van der Waals surface area contributed by atoms with E-state index in [-0.39, 0.29) is 17.2 Å². The minimum atomic E-state index is -0.805. The summed E-state index contributed by atoms with van der Waals surface area (Å²) in [5.41, 5.74) is 1.99. The predicted molar refractivity (Wildman–Crippen MR) is 94.5 cm³/mol. The van der Waals surface area contributed by atoms with Crippen molar-refractivity contribution in [1.82, 2.24) is 19.7 Å². The zero-order valence-corrected chi connectivity index (χ0v) is 14.9. The van der Waals surface area contributed by atoms with Gasteiger partial charge in [-0.05, 0) is 35.9 Å². The zero-order valence-electron chi connectivity index (χ0n) is 13.4. The van der Waals surface area contributed by atoms with Crippen LogP contribution in [-0.2, 0) is 10.3 Å². The molecule has 4 rings (SSSR count). The minimum absolute atomic E-state index is 0.0903. The van der Waals surface area contributed by atoms with Gasteiger partial charge in [0.2, 0.25) is 5.28 Å². The van der Waals surface area contributed by atoms with Gasteiger partial charge in [-0.1, -0.05) is 13.8 Å². The molecule has 1 fully saturated rings. The number of carboxylic acid groups (broad SMARTS) is 1. The molecular weight excluding hydrogens is 348 g/mol. The van der Waals surface area contributed by atoms with Crippen molar-refractivity contribution in [2.45, 2.75) is 38.6 Å². The van der Waals surface area contributed by atoms with Crippen LogP contribution < -0.4 is 0 Å². The highest BCUT2D eigenvalue weighted by Crippen LogP contribution is 2.46. The highest BCUT2D eigenvalue weighted by Gasteiger charge is 2.47. The topological polar surface area (TPSA) is 80.9 Å². The molecule has 0 spiro atoms. The maximum Gasteiger partial charge on any atom is 0.305 e. The number of hydrogen-bond acceptors (Lipinski definition) is 5. The second kappa shape index (κ2) is 6.49. The molecule has 0 saturated heterocycles. The molecule has 6 nitrogen and oxygen atoms in total. The van der Waals surface area contributed by atoms with Crippen molar-refractivity contribution >= 4 is 39.1 Å². The van der Waals surface area contributed by atoms with E-state index in [1.807, 2.05) is 31.5 Å². The van der Waals surface area contributed by atoms with Crippen molar-refractivity contribution < 1.29 is 9.90 Å². The number of carboxylic acids is 1. The first-order valence-corrected chi connectivity index (χ1v) is 9.01. The van der Waals surface area contributed by atoms with Crippen LogP contribution in [0.25, 0.3) is 21.5 Å². The molecule has 0 aliphatic heterocycles. The monoisotopic (exact) mass is 364 g/mol. The molecule has 0 bridgehead atoms. The summed E-state index contributed by atoms with van der Waals surface area (Å²) in [4.78, 5) is 19.5. The Bertz CT molecular complexity index is 885. The van der Waals surface area contributed by atoms with Gasteiger partial charge in [0.25, 0.3) is 0 Å². The zero-order chi connectivity index (χ0) is 17.3. The Hall–Kier alpha value is -1.99. The standard InChI is InChI=1S/C14H11ClN4O2S.C2H6/c15-13-17-9-1-4-22-12(9)11(18-13)8-6-16-19(7-8)14(2-3-14)5-10(20)21;1-2/h1,4,6-7H,2-3,5H2,(H,20,21);1-2H3. The Balaban J connectivity index is 0.000000815. The summed E-state index contributed by atoms with van der Waals surface area (Å²) in [6.45, 7) is 4.00. The average molecular weight is 365 g/mol. The van der Waals surface area contributed by atoms with E-state index in [2.05, 4.69) is 15.1 Å². The van der Waals surface area contributed by atoms with E-state index in [9.17, 15) is 4.79 Å². The molecule has 0 unspecified atom stereocenters. The fourth-order valence-electron chi connectivity index (χ4n) is 2.65. The molecule has 0 atom stereocenters. The molecule has 0 amide bonds. The molecule has 0 radical (unpaired) electrons. The van der Waals surface area contributed by atoms with E-state index < -0.39 is 5.97 Å². The first-order valence-electron chi connectivity index (χ1n) is 7.75. The van der Waals surface area contributed by atoms with Crippen LogP contribution >= 0.6 is 22.9 Å². The van der Waals surface area contributed by atoms with Crippen molar-refractivity contribution in [3.8, 4) is 11.3 Å². The van der Waals surface area contributed by atoms with Gasteiger partial charge in [-0.2, -0.15) is 5.10 Å². The highest BCUT2D eigenvalue weighted by molar-refractivity contribution is 7.17. The van der Waals surface area contributed by atoms with Crippen molar-refractivity contribution in [3.05, 3.63) is 29.1 Å². The molecule has 1 aliphatic rings. The Labute approximate surface area is 148 Å². The van der Waals surface area contributed by atoms with Crippen molar-refractivity contribution in [2.75, 3.05) is 0 Å². The summed E-state index contributed by atoms with van der Waals surface area (Å²) in [5.74, 6) is -0.805. The van der Waals surface area contributed by atoms with E-state index in [1.54, 1.807) is 22.2 Å². The van der Waals surface area contributed by atoms with Gasteiger partial charge in [0.05, 0.1) is 34.1 Å². The maximum absolute atomic E-state index is 11.0. The van der Waals surface area contributed by atoms with E-state index in [4.69, 9.17) is 16.7 Å². The fraction of sp³-hybridized carbons (Fsp3) is 0.375. The van der Waals surface area contributed by atoms with Crippen molar-refractivity contribution in [1.29, 1.82) is 0 Å². The second-order valence-electron chi connectivity index (χ2n) is 5.44. The third-order valence-electron chi connectivity index (χ3n) is 3.93. The molecule has 8 heteroatoms. The Morgan fingerprint density at radius 1 is 1.42 bits per heavy atom. The van der Waals surface area contributed by atoms with Gasteiger partial charge < -0.3 is 5.11 Å². The molecule has 1 aliphatic carbocycles. The van der Waals surface area contributed by atoms with Gasteiger partial charge >= 0.3 is 5.97 Å². The highest BCUT2D eigenvalue weighted by atomic mass is 35.5. The lowest BCUT2D eigenvalue weighted by molar-refractivity contribution is -0.138. The number of aromatic nitrogens is 4. The smallest absolute Gasteiger partial charge is 0.305 e. The Morgan fingerprint density at radius 2 is 2.17 bits per heavy atom. The lowest BCUT2D eigenvalue weighted by Crippen LogP contribution is -2.21. The summed E-state index contributed by atoms with van der Waals surface area (Å²) < 4.78 is 2.71. The minimum Gasteiger partial charge on any atom is -0.481 e. The summed E-state index contributed by atoms with van der Waals surface area (Å²) in [6, 6.07) is 1.90. The van der Waals surface area contributed by atoms with Crippen LogP contribution in [0, 0.1) is 0 Å². The summed E-state index contributed by atoms with van der Waals surface area (Å²) in [7, 11) is 0. The lowest BCUT2D eigenvalue weighted by atomic mass is 10.2. The number of aliphatic carboxylic acids is 1. The van der Waals surface area contributed by atoms with E-state index in [0.29, 0.717) is 0 Å². The third kappa shape index (κ3) is 3.01. The number of hydrogen-bond donors (Lipinski definition) is 1. The normalized spacial score (nSPS) is 15.0. The van der Waals surface area contributed by atoms with Gasteiger partial charge in [-0.25, -0.2) is 9.97 Å². The van der Waals surface area contributed by atoms with E-state index >= 15 is 0 Å². The lowest BCUT2D eigenvalue weighted by Gasteiger charge is -2.12. The van der Waals surface area contributed by atoms with Crippen LogP contribution in [0.5, 0.6) is 0 Å². The second-order valence-corrected chi connectivity index (χ2v) is 6.70. The number of rotatable bonds is 4. The molecule has 0 aromatic carbocycles. The average Bonchev–Trinajstić information content (AvgIpc) is 3.00. The molecule has 126 valence electrons. The van der Waals surface area contributed by atoms with Gasteiger partial charge in [0, 0.05) is 11.8 Å². The van der Waals surface area contributed by atoms with Crippen LogP contribution in [0.4, 0.5) is 0 Å². The van der Waals surface area contributed by atoms with E-state index in [0.717, 1.165) is 34.3 Å². The molecule has 3 aromatic heterocycles. The van der Waals surface area contributed by atoms with Gasteiger partial charge in [0.15, 0.2) is 0 Å². The first-order chi connectivity index (χ1) is 11.6. The van der Waals surface area contributed by atoms with Gasteiger partial charge in [-0.15, -0.1) is 11.3 Å². The first kappa shape index (κ1) is 16.9. The van der Waals surface area contributed by atoms with Gasteiger partial charge in [-0.3, -0.25) is 9.48 Å². The molecular formula is C16H17ClN4O2S. The van der Waals surface area contributed by atoms with Crippen LogP contribution in [-0.4, -0.2) is 30.8 Å². The maximum atomic E-state index is 11.0. The third-order valence-corrected chi connectivity index (χ3v) is 5.01. The van der Waals surface area contributed by atoms with Crippen LogP contribution in [0.15, 0.2) is 23.8 Å².